The summed E-state index contributed by atoms with van der Waals surface area (Å²) in [6, 6.07) is 7.99. The number of hydrogen-bond acceptors (Lipinski definition) is 6. The van der Waals surface area contributed by atoms with Gasteiger partial charge in [0.2, 0.25) is 0 Å². The van der Waals surface area contributed by atoms with E-state index in [1.54, 1.807) is 0 Å². The standard InChI is InChI=1S/C15H16N6OS/c1-8-4-2-3-5-9(8)6-21-13(17)11(23-15(18)22)10-12(16)19-7-20-14(10)21/h2-5,7H,6,17H2,1H3,(H2,18,22)(H2,16,19,20). The van der Waals surface area contributed by atoms with Crippen molar-refractivity contribution in [1.82, 2.24) is 14.5 Å². The van der Waals surface area contributed by atoms with Gasteiger partial charge in [-0.25, -0.2) is 9.97 Å². The molecule has 0 aliphatic heterocycles. The van der Waals surface area contributed by atoms with E-state index in [-0.39, 0.29) is 5.82 Å². The summed E-state index contributed by atoms with van der Waals surface area (Å²) in [5, 5.41) is -0.00252. The van der Waals surface area contributed by atoms with Crippen LogP contribution in [0.3, 0.4) is 0 Å². The Hall–Kier alpha value is -2.74. The van der Waals surface area contributed by atoms with E-state index in [0.29, 0.717) is 28.3 Å². The monoisotopic (exact) mass is 328 g/mol. The van der Waals surface area contributed by atoms with Crippen LogP contribution < -0.4 is 17.2 Å². The van der Waals surface area contributed by atoms with Gasteiger partial charge in [-0.1, -0.05) is 24.3 Å². The molecule has 0 radical (unpaired) electrons. The van der Waals surface area contributed by atoms with Gasteiger partial charge >= 0.3 is 0 Å². The molecule has 0 saturated carbocycles. The number of nitrogen functional groups attached to an aromatic ring is 2. The number of hydrogen-bond donors (Lipinski definition) is 3. The molecular formula is C15H16N6OS. The van der Waals surface area contributed by atoms with Crippen molar-refractivity contribution in [2.45, 2.75) is 18.4 Å². The number of rotatable bonds is 3. The van der Waals surface area contributed by atoms with E-state index in [1.807, 2.05) is 35.8 Å². The van der Waals surface area contributed by atoms with Crippen molar-refractivity contribution < 1.29 is 4.79 Å². The number of primary amides is 1. The molecule has 2 aromatic heterocycles. The third-order valence-corrected chi connectivity index (χ3v) is 4.47. The van der Waals surface area contributed by atoms with Crippen LogP contribution in [-0.2, 0) is 6.54 Å². The molecule has 0 spiro atoms. The lowest BCUT2D eigenvalue weighted by atomic mass is 10.1. The van der Waals surface area contributed by atoms with Crippen molar-refractivity contribution in [3.8, 4) is 0 Å². The van der Waals surface area contributed by atoms with Crippen molar-refractivity contribution in [2.24, 2.45) is 5.73 Å². The zero-order valence-corrected chi connectivity index (χ0v) is 13.3. The number of carbonyl (C=O) groups is 1. The van der Waals surface area contributed by atoms with E-state index in [2.05, 4.69) is 9.97 Å². The molecule has 0 atom stereocenters. The maximum absolute atomic E-state index is 11.3. The van der Waals surface area contributed by atoms with Crippen molar-refractivity contribution in [2.75, 3.05) is 11.5 Å². The van der Waals surface area contributed by atoms with E-state index in [9.17, 15) is 4.79 Å². The molecule has 3 aromatic rings. The van der Waals surface area contributed by atoms with Gasteiger partial charge in [-0.15, -0.1) is 0 Å². The summed E-state index contributed by atoms with van der Waals surface area (Å²) in [5.41, 5.74) is 20.3. The third kappa shape index (κ3) is 2.68. The van der Waals surface area contributed by atoms with Crippen molar-refractivity contribution in [3.05, 3.63) is 41.7 Å². The van der Waals surface area contributed by atoms with E-state index in [1.165, 1.54) is 6.33 Å². The quantitative estimate of drug-likeness (QED) is 0.632. The second-order valence-corrected chi connectivity index (χ2v) is 6.12. The summed E-state index contributed by atoms with van der Waals surface area (Å²) in [4.78, 5) is 20.1. The number of amides is 1. The fraction of sp³-hybridized carbons (Fsp3) is 0.133. The summed E-state index contributed by atoms with van der Waals surface area (Å²) < 4.78 is 1.82. The van der Waals surface area contributed by atoms with Gasteiger partial charge in [0.25, 0.3) is 5.24 Å². The zero-order chi connectivity index (χ0) is 16.6. The number of carbonyl (C=O) groups excluding carboxylic acids is 1. The highest BCUT2D eigenvalue weighted by molar-refractivity contribution is 8.13. The van der Waals surface area contributed by atoms with Gasteiger partial charge < -0.3 is 21.8 Å². The fourth-order valence-corrected chi connectivity index (χ4v) is 3.21. The van der Waals surface area contributed by atoms with Crippen LogP contribution in [0.15, 0.2) is 35.5 Å². The molecule has 118 valence electrons. The van der Waals surface area contributed by atoms with Gasteiger partial charge in [0.05, 0.1) is 16.8 Å². The summed E-state index contributed by atoms with van der Waals surface area (Å²) in [6.07, 6.45) is 1.38. The van der Waals surface area contributed by atoms with E-state index in [0.717, 1.165) is 22.9 Å². The summed E-state index contributed by atoms with van der Waals surface area (Å²) in [6.45, 7) is 2.55. The topological polar surface area (TPSA) is 126 Å². The first kappa shape index (κ1) is 15.2. The van der Waals surface area contributed by atoms with Crippen molar-refractivity contribution in [3.63, 3.8) is 0 Å². The molecule has 1 amide bonds. The number of fused-ring (bicyclic) bond motifs is 1. The number of benzene rings is 1. The summed E-state index contributed by atoms with van der Waals surface area (Å²) in [7, 11) is 0. The molecule has 0 aliphatic carbocycles. The molecule has 0 aliphatic rings. The Labute approximate surface area is 136 Å². The van der Waals surface area contributed by atoms with E-state index in [4.69, 9.17) is 17.2 Å². The zero-order valence-electron chi connectivity index (χ0n) is 12.5. The van der Waals surface area contributed by atoms with Gasteiger partial charge in [0, 0.05) is 0 Å². The molecule has 1 aromatic carbocycles. The summed E-state index contributed by atoms with van der Waals surface area (Å²) in [5.74, 6) is 0.674. The molecule has 8 heteroatoms. The first-order chi connectivity index (χ1) is 11.0. The van der Waals surface area contributed by atoms with E-state index < -0.39 is 5.24 Å². The minimum atomic E-state index is -0.560. The number of nitrogens with two attached hydrogens (primary N) is 3. The molecule has 2 heterocycles. The smallest absolute Gasteiger partial charge is 0.281 e. The Morgan fingerprint density at radius 3 is 2.70 bits per heavy atom. The van der Waals surface area contributed by atoms with Crippen LogP contribution in [0.25, 0.3) is 11.0 Å². The molecule has 0 fully saturated rings. The molecule has 0 saturated heterocycles. The predicted octanol–water partition coefficient (Wildman–Crippen LogP) is 2.12. The Kier molecular flexibility index (Phi) is 3.83. The normalized spacial score (nSPS) is 11.0. The number of aryl methyl sites for hydroxylation is 1. The largest absolute Gasteiger partial charge is 0.384 e. The lowest BCUT2D eigenvalue weighted by Crippen LogP contribution is -2.07. The highest BCUT2D eigenvalue weighted by Gasteiger charge is 2.21. The molecule has 6 N–H and O–H groups in total. The number of anilines is 2. The maximum Gasteiger partial charge on any atom is 0.281 e. The predicted molar refractivity (Wildman–Crippen MR) is 92.1 cm³/mol. The van der Waals surface area contributed by atoms with Gasteiger partial charge in [-0.3, -0.25) is 4.79 Å². The van der Waals surface area contributed by atoms with Crippen LogP contribution in [0.4, 0.5) is 16.4 Å². The van der Waals surface area contributed by atoms with Gasteiger partial charge in [0.15, 0.2) is 0 Å². The van der Waals surface area contributed by atoms with Gasteiger partial charge in [-0.05, 0) is 29.8 Å². The highest BCUT2D eigenvalue weighted by atomic mass is 32.2. The van der Waals surface area contributed by atoms with Crippen LogP contribution in [0, 0.1) is 6.92 Å². The lowest BCUT2D eigenvalue weighted by Gasteiger charge is -2.10. The number of thioether (sulfide) groups is 1. The molecule has 23 heavy (non-hydrogen) atoms. The molecule has 0 unspecified atom stereocenters. The van der Waals surface area contributed by atoms with Crippen molar-refractivity contribution in [1.29, 1.82) is 0 Å². The average molecular weight is 328 g/mol. The second-order valence-electron chi connectivity index (χ2n) is 5.11. The van der Waals surface area contributed by atoms with Gasteiger partial charge in [0.1, 0.15) is 23.6 Å². The highest BCUT2D eigenvalue weighted by Crippen LogP contribution is 2.38. The number of nitrogens with zero attached hydrogens (tertiary/aromatic N) is 3. The second kappa shape index (κ2) is 5.81. The Morgan fingerprint density at radius 1 is 1.26 bits per heavy atom. The minimum absolute atomic E-state index is 0.272. The first-order valence-electron chi connectivity index (χ1n) is 6.89. The number of aromatic nitrogens is 3. The Morgan fingerprint density at radius 2 is 2.00 bits per heavy atom. The van der Waals surface area contributed by atoms with Crippen LogP contribution in [0.5, 0.6) is 0 Å². The van der Waals surface area contributed by atoms with Crippen LogP contribution in [-0.4, -0.2) is 19.8 Å². The fourth-order valence-electron chi connectivity index (χ4n) is 2.50. The third-order valence-electron chi connectivity index (χ3n) is 3.66. The molecule has 7 nitrogen and oxygen atoms in total. The van der Waals surface area contributed by atoms with Crippen molar-refractivity contribution >= 4 is 39.7 Å². The SMILES string of the molecule is Cc1ccccc1Cn1c(N)c(SC(N)=O)c2c(N)ncnc21. The van der Waals surface area contributed by atoms with Crippen LogP contribution in [0.1, 0.15) is 11.1 Å². The Balaban J connectivity index is 2.21. The molecule has 3 rings (SSSR count). The van der Waals surface area contributed by atoms with Crippen LogP contribution >= 0.6 is 11.8 Å². The van der Waals surface area contributed by atoms with Crippen LogP contribution in [0.2, 0.25) is 0 Å². The minimum Gasteiger partial charge on any atom is -0.384 e. The Bertz CT molecular complexity index is 904. The van der Waals surface area contributed by atoms with E-state index >= 15 is 0 Å². The summed E-state index contributed by atoms with van der Waals surface area (Å²) >= 11 is 0.837. The van der Waals surface area contributed by atoms with Gasteiger partial charge in [-0.2, -0.15) is 0 Å². The average Bonchev–Trinajstić information content (AvgIpc) is 2.76. The first-order valence-corrected chi connectivity index (χ1v) is 7.70. The molecule has 0 bridgehead atoms. The molecular weight excluding hydrogens is 312 g/mol. The maximum atomic E-state index is 11.3. The lowest BCUT2D eigenvalue weighted by molar-refractivity contribution is 0.267.